The number of hydrogen-bond acceptors (Lipinski definition) is 5. The molecule has 0 aliphatic carbocycles. The molecule has 2 aliphatic heterocycles. The molecule has 1 N–H and O–H groups in total. The van der Waals surface area contributed by atoms with Crippen molar-refractivity contribution in [1.29, 1.82) is 0 Å². The summed E-state index contributed by atoms with van der Waals surface area (Å²) in [6.07, 6.45) is 1.41. The third-order valence-electron chi connectivity index (χ3n) is 5.03. The first-order valence-electron chi connectivity index (χ1n) is 9.63. The number of fused-ring (bicyclic) bond motifs is 3. The van der Waals surface area contributed by atoms with Gasteiger partial charge in [0.2, 0.25) is 5.91 Å². The van der Waals surface area contributed by atoms with Crippen LogP contribution in [0, 0.1) is 0 Å². The molecular formula is C22H21ClN4O2S. The number of para-hydroxylation sites is 1. The topological polar surface area (TPSA) is 65.0 Å². The van der Waals surface area contributed by atoms with Gasteiger partial charge < -0.3 is 5.32 Å². The van der Waals surface area contributed by atoms with Crippen LogP contribution >= 0.6 is 23.4 Å². The lowest BCUT2D eigenvalue weighted by Crippen LogP contribution is -2.55. The van der Waals surface area contributed by atoms with Crippen LogP contribution in [0.2, 0.25) is 5.02 Å². The summed E-state index contributed by atoms with van der Waals surface area (Å²) in [5, 5.41) is 10.3. The number of amides is 2. The number of nitrogens with one attached hydrogen (secondary N) is 1. The molecule has 30 heavy (non-hydrogen) atoms. The Hall–Kier alpha value is -2.77. The molecule has 0 unspecified atom stereocenters. The van der Waals surface area contributed by atoms with E-state index in [-0.39, 0.29) is 11.8 Å². The molecule has 4 rings (SSSR count). The lowest BCUT2D eigenvalue weighted by Gasteiger charge is -2.48. The van der Waals surface area contributed by atoms with Crippen LogP contribution in [0.4, 0.5) is 5.69 Å². The van der Waals surface area contributed by atoms with Gasteiger partial charge in [-0.25, -0.2) is 0 Å². The molecule has 0 spiro atoms. The van der Waals surface area contributed by atoms with Crippen LogP contribution in [0.1, 0.15) is 36.7 Å². The Balaban J connectivity index is 1.95. The van der Waals surface area contributed by atoms with Crippen molar-refractivity contribution in [2.24, 2.45) is 5.10 Å². The van der Waals surface area contributed by atoms with Crippen LogP contribution in [0.25, 0.3) is 0 Å². The number of benzene rings is 2. The number of anilines is 1. The summed E-state index contributed by atoms with van der Waals surface area (Å²) in [6, 6.07) is 14.1. The molecule has 8 heteroatoms. The second-order valence-electron chi connectivity index (χ2n) is 6.85. The Labute approximate surface area is 184 Å². The fourth-order valence-electron chi connectivity index (χ4n) is 3.76. The van der Waals surface area contributed by atoms with Crippen molar-refractivity contribution in [2.45, 2.75) is 25.6 Å². The summed E-state index contributed by atoms with van der Waals surface area (Å²) >= 11 is 7.93. The number of hydrazone groups is 1. The number of rotatable bonds is 4. The number of thioether (sulfide) groups is 1. The van der Waals surface area contributed by atoms with E-state index < -0.39 is 12.2 Å². The smallest absolute Gasteiger partial charge is 0.255 e. The Morgan fingerprint density at radius 2 is 1.93 bits per heavy atom. The van der Waals surface area contributed by atoms with Crippen LogP contribution in [0.5, 0.6) is 0 Å². The van der Waals surface area contributed by atoms with Gasteiger partial charge in [0.1, 0.15) is 0 Å². The van der Waals surface area contributed by atoms with Crippen molar-refractivity contribution in [3.8, 4) is 0 Å². The normalized spacial score (nSPS) is 20.1. The van der Waals surface area contributed by atoms with E-state index in [1.54, 1.807) is 22.1 Å². The lowest BCUT2D eigenvalue weighted by atomic mass is 9.95. The molecule has 0 aromatic heterocycles. The molecule has 2 aromatic rings. The maximum Gasteiger partial charge on any atom is 0.255 e. The Morgan fingerprint density at radius 1 is 1.23 bits per heavy atom. The van der Waals surface area contributed by atoms with Gasteiger partial charge in [0.15, 0.2) is 17.4 Å². The summed E-state index contributed by atoms with van der Waals surface area (Å²) in [5.41, 5.74) is 2.15. The lowest BCUT2D eigenvalue weighted by molar-refractivity contribution is -0.130. The van der Waals surface area contributed by atoms with Crippen LogP contribution in [-0.2, 0) is 9.59 Å². The van der Waals surface area contributed by atoms with E-state index in [1.807, 2.05) is 49.4 Å². The predicted molar refractivity (Wildman–Crippen MR) is 121 cm³/mol. The number of amidine groups is 1. The van der Waals surface area contributed by atoms with Crippen LogP contribution in [-0.4, -0.2) is 27.7 Å². The third kappa shape index (κ3) is 3.48. The summed E-state index contributed by atoms with van der Waals surface area (Å²) in [5.74, 6) is 0.333. The van der Waals surface area contributed by atoms with E-state index in [1.165, 1.54) is 11.8 Å². The fourth-order valence-corrected chi connectivity index (χ4v) is 4.59. The van der Waals surface area contributed by atoms with E-state index in [0.717, 1.165) is 5.56 Å². The Morgan fingerprint density at radius 3 is 2.63 bits per heavy atom. The molecule has 2 atom stereocenters. The van der Waals surface area contributed by atoms with Gasteiger partial charge in [0.05, 0.1) is 5.69 Å². The van der Waals surface area contributed by atoms with Crippen molar-refractivity contribution in [3.63, 3.8) is 0 Å². The van der Waals surface area contributed by atoms with Gasteiger partial charge >= 0.3 is 0 Å². The van der Waals surface area contributed by atoms with Gasteiger partial charge in [-0.2, -0.15) is 0 Å². The van der Waals surface area contributed by atoms with Crippen molar-refractivity contribution >= 4 is 46.0 Å². The molecule has 2 aliphatic rings. The van der Waals surface area contributed by atoms with E-state index in [4.69, 9.17) is 16.7 Å². The number of carbonyl (C=O) groups excluding carboxylic acids is 2. The van der Waals surface area contributed by atoms with Crippen LogP contribution in [0.3, 0.4) is 0 Å². The molecule has 0 fully saturated rings. The maximum absolute atomic E-state index is 13.2. The molecule has 2 heterocycles. The fraction of sp³-hybridized carbons (Fsp3) is 0.227. The highest BCUT2D eigenvalue weighted by molar-refractivity contribution is 8.14. The summed E-state index contributed by atoms with van der Waals surface area (Å²) in [6.45, 7) is 5.54. The first kappa shape index (κ1) is 20.5. The molecule has 0 saturated heterocycles. The summed E-state index contributed by atoms with van der Waals surface area (Å²) in [4.78, 5) is 28.0. The van der Waals surface area contributed by atoms with Gasteiger partial charge in [-0.15, -0.1) is 11.7 Å². The van der Waals surface area contributed by atoms with E-state index in [0.29, 0.717) is 33.6 Å². The Kier molecular flexibility index (Phi) is 5.83. The minimum atomic E-state index is -0.670. The van der Waals surface area contributed by atoms with Gasteiger partial charge in [0.25, 0.3) is 5.91 Å². The second-order valence-corrected chi connectivity index (χ2v) is 8.26. The zero-order chi connectivity index (χ0) is 21.3. The summed E-state index contributed by atoms with van der Waals surface area (Å²) in [7, 11) is 0. The largest absolute Gasteiger partial charge is 0.302 e. The first-order valence-corrected chi connectivity index (χ1v) is 11.0. The van der Waals surface area contributed by atoms with Crippen LogP contribution < -0.4 is 10.2 Å². The molecule has 2 aromatic carbocycles. The number of carbonyl (C=O) groups is 2. The number of hydrogen-bond donors (Lipinski definition) is 1. The molecule has 0 bridgehead atoms. The molecule has 0 saturated carbocycles. The molecule has 6 nitrogen and oxygen atoms in total. The van der Waals surface area contributed by atoms with Crippen molar-refractivity contribution in [3.05, 3.63) is 77.3 Å². The monoisotopic (exact) mass is 440 g/mol. The minimum Gasteiger partial charge on any atom is -0.302 e. The SMILES string of the molecule is C=CCSC1=NN2[C@H](c3ccccc3Cl)N(C(=O)CC)c3ccccc3[C@@H]2C(=O)N1. The molecular weight excluding hydrogens is 420 g/mol. The van der Waals surface area contributed by atoms with Crippen molar-refractivity contribution in [2.75, 3.05) is 10.7 Å². The van der Waals surface area contributed by atoms with Gasteiger partial charge in [-0.3, -0.25) is 19.5 Å². The van der Waals surface area contributed by atoms with Gasteiger partial charge in [0, 0.05) is 28.3 Å². The molecule has 154 valence electrons. The van der Waals surface area contributed by atoms with Crippen LogP contribution in [0.15, 0.2) is 66.3 Å². The predicted octanol–water partition coefficient (Wildman–Crippen LogP) is 4.46. The van der Waals surface area contributed by atoms with E-state index in [9.17, 15) is 9.59 Å². The molecule has 0 radical (unpaired) electrons. The third-order valence-corrected chi connectivity index (χ3v) is 6.23. The minimum absolute atomic E-state index is 0.0766. The second kappa shape index (κ2) is 8.53. The van der Waals surface area contributed by atoms with Gasteiger partial charge in [-0.05, 0) is 12.1 Å². The average Bonchev–Trinajstić information content (AvgIpc) is 2.76. The number of halogens is 1. The summed E-state index contributed by atoms with van der Waals surface area (Å²) < 4.78 is 0. The maximum atomic E-state index is 13.2. The quantitative estimate of drug-likeness (QED) is 0.713. The van der Waals surface area contributed by atoms with Crippen molar-refractivity contribution in [1.82, 2.24) is 10.3 Å². The zero-order valence-corrected chi connectivity index (χ0v) is 18.0. The Bertz CT molecular complexity index is 1040. The average molecular weight is 441 g/mol. The highest BCUT2D eigenvalue weighted by Gasteiger charge is 2.47. The number of nitrogens with zero attached hydrogens (tertiary/aromatic N) is 3. The van der Waals surface area contributed by atoms with E-state index >= 15 is 0 Å². The zero-order valence-electron chi connectivity index (χ0n) is 16.4. The highest BCUT2D eigenvalue weighted by atomic mass is 35.5. The standard InChI is InChI=1S/C22H21ClN4O2S/c1-3-13-30-22-24-20(29)19-15-10-6-8-12-17(15)26(18(28)4-2)21(27(19)25-22)14-9-5-7-11-16(14)23/h3,5-12,19,21H,1,4,13H2,2H3,(H,24,25,29)/t19-,21-/m1/s1. The van der Waals surface area contributed by atoms with Gasteiger partial charge in [-0.1, -0.05) is 72.8 Å². The van der Waals surface area contributed by atoms with Crippen molar-refractivity contribution < 1.29 is 9.59 Å². The highest BCUT2D eigenvalue weighted by Crippen LogP contribution is 2.47. The van der Waals surface area contributed by atoms with E-state index in [2.05, 4.69) is 11.9 Å². The molecule has 2 amide bonds. The first-order chi connectivity index (χ1) is 14.6.